The van der Waals surface area contributed by atoms with E-state index in [9.17, 15) is 9.59 Å². The highest BCUT2D eigenvalue weighted by Crippen LogP contribution is 2.26. The third kappa shape index (κ3) is 6.68. The van der Waals surface area contributed by atoms with Crippen LogP contribution in [0.2, 0.25) is 0 Å². The van der Waals surface area contributed by atoms with E-state index in [0.29, 0.717) is 18.1 Å². The first-order chi connectivity index (χ1) is 15.8. The summed E-state index contributed by atoms with van der Waals surface area (Å²) in [6, 6.07) is 20.5. The molecule has 0 saturated heterocycles. The van der Waals surface area contributed by atoms with E-state index in [1.807, 2.05) is 66.7 Å². The molecule has 0 aliphatic rings. The first kappa shape index (κ1) is 24.0. The van der Waals surface area contributed by atoms with Crippen molar-refractivity contribution in [2.45, 2.75) is 46.0 Å². The number of rotatable bonds is 8. The average molecular weight is 448 g/mol. The molecule has 0 unspecified atom stereocenters. The van der Waals surface area contributed by atoms with Crippen LogP contribution < -0.4 is 10.6 Å². The molecule has 174 valence electrons. The lowest BCUT2D eigenvalue weighted by molar-refractivity contribution is -0.116. The summed E-state index contributed by atoms with van der Waals surface area (Å²) in [6.45, 7) is 8.74. The van der Waals surface area contributed by atoms with Crippen LogP contribution in [0.25, 0.3) is 5.69 Å². The van der Waals surface area contributed by atoms with Crippen LogP contribution in [0.4, 0.5) is 16.3 Å². The number of hydrogen-bond donors (Lipinski definition) is 2. The summed E-state index contributed by atoms with van der Waals surface area (Å²) in [6.07, 6.45) is 1.73. The van der Waals surface area contributed by atoms with Crippen LogP contribution in [0.5, 0.6) is 0 Å². The van der Waals surface area contributed by atoms with Gasteiger partial charge in [-0.05, 0) is 30.7 Å². The summed E-state index contributed by atoms with van der Waals surface area (Å²) < 4.78 is 1.74. The molecule has 33 heavy (non-hydrogen) atoms. The molecule has 7 nitrogen and oxygen atoms in total. The third-order valence-corrected chi connectivity index (χ3v) is 5.17. The van der Waals surface area contributed by atoms with E-state index in [2.05, 4.69) is 38.3 Å². The lowest BCUT2D eigenvalue weighted by atomic mass is 9.92. The smallest absolute Gasteiger partial charge is 0.315 e. The number of nitrogens with zero attached hydrogens (tertiary/aromatic N) is 3. The van der Waals surface area contributed by atoms with Crippen molar-refractivity contribution in [3.05, 3.63) is 72.4 Å². The van der Waals surface area contributed by atoms with Crippen molar-refractivity contribution < 1.29 is 9.59 Å². The first-order valence-electron chi connectivity index (χ1n) is 11.3. The SMILES string of the molecule is CCCCN(CC(=O)Nc1cc(C(C)(C)C)nn1-c1ccccc1)C(=O)Nc1ccccc1. The first-order valence-corrected chi connectivity index (χ1v) is 11.3. The van der Waals surface area contributed by atoms with Crippen molar-refractivity contribution in [2.75, 3.05) is 23.7 Å². The zero-order valence-electron chi connectivity index (χ0n) is 19.8. The van der Waals surface area contributed by atoms with Crippen molar-refractivity contribution in [3.8, 4) is 5.69 Å². The minimum Gasteiger partial charge on any atom is -0.315 e. The van der Waals surface area contributed by atoms with E-state index in [4.69, 9.17) is 5.10 Å². The van der Waals surface area contributed by atoms with Crippen molar-refractivity contribution in [1.29, 1.82) is 0 Å². The molecule has 0 saturated carbocycles. The summed E-state index contributed by atoms with van der Waals surface area (Å²) in [5, 5.41) is 10.6. The zero-order chi connectivity index (χ0) is 23.8. The van der Waals surface area contributed by atoms with Crippen LogP contribution in [-0.2, 0) is 10.2 Å². The van der Waals surface area contributed by atoms with Gasteiger partial charge >= 0.3 is 6.03 Å². The van der Waals surface area contributed by atoms with Crippen LogP contribution in [0, 0.1) is 0 Å². The van der Waals surface area contributed by atoms with E-state index in [1.165, 1.54) is 0 Å². The monoisotopic (exact) mass is 447 g/mol. The number of urea groups is 1. The molecule has 0 aliphatic carbocycles. The molecule has 2 aromatic carbocycles. The molecule has 0 aliphatic heterocycles. The number of unbranched alkanes of at least 4 members (excludes halogenated alkanes) is 1. The summed E-state index contributed by atoms with van der Waals surface area (Å²) in [5.41, 5.74) is 2.24. The Morgan fingerprint density at radius 3 is 2.21 bits per heavy atom. The van der Waals surface area contributed by atoms with Gasteiger partial charge in [0.05, 0.1) is 11.4 Å². The van der Waals surface area contributed by atoms with E-state index in [-0.39, 0.29) is 23.9 Å². The molecule has 1 heterocycles. The minimum absolute atomic E-state index is 0.0521. The molecule has 0 bridgehead atoms. The average Bonchev–Trinajstić information content (AvgIpc) is 3.22. The van der Waals surface area contributed by atoms with E-state index in [1.54, 1.807) is 9.58 Å². The van der Waals surface area contributed by atoms with Crippen molar-refractivity contribution in [2.24, 2.45) is 0 Å². The number of nitrogens with one attached hydrogen (secondary N) is 2. The van der Waals surface area contributed by atoms with Gasteiger partial charge in [0.25, 0.3) is 0 Å². The van der Waals surface area contributed by atoms with Gasteiger partial charge in [0.2, 0.25) is 5.91 Å². The van der Waals surface area contributed by atoms with E-state index >= 15 is 0 Å². The summed E-state index contributed by atoms with van der Waals surface area (Å²) in [4.78, 5) is 27.4. The molecular weight excluding hydrogens is 414 g/mol. The maximum Gasteiger partial charge on any atom is 0.322 e. The van der Waals surface area contributed by atoms with E-state index < -0.39 is 0 Å². The Balaban J connectivity index is 1.78. The highest BCUT2D eigenvalue weighted by Gasteiger charge is 2.23. The van der Waals surface area contributed by atoms with Gasteiger partial charge in [0.15, 0.2) is 0 Å². The number of anilines is 2. The molecule has 0 atom stereocenters. The highest BCUT2D eigenvalue weighted by atomic mass is 16.2. The number of benzene rings is 2. The lowest BCUT2D eigenvalue weighted by Crippen LogP contribution is -2.41. The second-order valence-corrected chi connectivity index (χ2v) is 9.03. The van der Waals surface area contributed by atoms with Crippen molar-refractivity contribution >= 4 is 23.4 Å². The Labute approximate surface area is 195 Å². The Kier molecular flexibility index (Phi) is 7.87. The minimum atomic E-state index is -0.295. The Hall–Kier alpha value is -3.61. The number of carbonyl (C=O) groups is 2. The summed E-state index contributed by atoms with van der Waals surface area (Å²) in [7, 11) is 0. The summed E-state index contributed by atoms with van der Waals surface area (Å²) in [5.74, 6) is 0.307. The Bertz CT molecular complexity index is 1060. The molecule has 3 aromatic rings. The predicted molar refractivity (Wildman–Crippen MR) is 133 cm³/mol. The van der Waals surface area contributed by atoms with Gasteiger partial charge < -0.3 is 15.5 Å². The quantitative estimate of drug-likeness (QED) is 0.482. The van der Waals surface area contributed by atoms with Gasteiger partial charge in [-0.2, -0.15) is 5.10 Å². The largest absolute Gasteiger partial charge is 0.322 e. The molecule has 3 amide bonds. The van der Waals surface area contributed by atoms with Gasteiger partial charge in [0, 0.05) is 23.7 Å². The number of aromatic nitrogens is 2. The second kappa shape index (κ2) is 10.8. The molecule has 3 rings (SSSR count). The number of carbonyl (C=O) groups excluding carboxylic acids is 2. The highest BCUT2D eigenvalue weighted by molar-refractivity contribution is 5.96. The number of hydrogen-bond acceptors (Lipinski definition) is 3. The fourth-order valence-corrected chi connectivity index (χ4v) is 3.28. The van der Waals surface area contributed by atoms with Gasteiger partial charge in [-0.15, -0.1) is 0 Å². The van der Waals surface area contributed by atoms with Crippen LogP contribution in [0.3, 0.4) is 0 Å². The second-order valence-electron chi connectivity index (χ2n) is 9.03. The molecule has 7 heteroatoms. The van der Waals surface area contributed by atoms with Gasteiger partial charge in [-0.1, -0.05) is 70.5 Å². The Morgan fingerprint density at radius 2 is 1.61 bits per heavy atom. The van der Waals surface area contributed by atoms with Crippen molar-refractivity contribution in [3.63, 3.8) is 0 Å². The van der Waals surface area contributed by atoms with E-state index in [0.717, 1.165) is 24.2 Å². The fraction of sp³-hybridized carbons (Fsp3) is 0.346. The third-order valence-electron chi connectivity index (χ3n) is 5.17. The molecular formula is C26H33N5O2. The van der Waals surface area contributed by atoms with Crippen molar-refractivity contribution in [1.82, 2.24) is 14.7 Å². The Morgan fingerprint density at radius 1 is 0.970 bits per heavy atom. The topological polar surface area (TPSA) is 79.3 Å². The standard InChI is InChI=1S/C26H33N5O2/c1-5-6-17-30(25(33)27-20-13-9-7-10-14-20)19-24(32)28-23-18-22(26(2,3)4)29-31(23)21-15-11-8-12-16-21/h7-16,18H,5-6,17,19H2,1-4H3,(H,27,33)(H,28,32). The van der Waals surface area contributed by atoms with Crippen LogP contribution in [0.1, 0.15) is 46.2 Å². The van der Waals surface area contributed by atoms with Crippen LogP contribution >= 0.6 is 0 Å². The molecule has 0 radical (unpaired) electrons. The molecule has 0 fully saturated rings. The van der Waals surface area contributed by atoms with Crippen LogP contribution in [-0.4, -0.2) is 39.7 Å². The fourth-order valence-electron chi connectivity index (χ4n) is 3.28. The van der Waals surface area contributed by atoms with Gasteiger partial charge in [0.1, 0.15) is 12.4 Å². The normalized spacial score (nSPS) is 11.2. The maximum absolute atomic E-state index is 13.0. The number of amides is 3. The molecule has 2 N–H and O–H groups in total. The lowest BCUT2D eigenvalue weighted by Gasteiger charge is -2.22. The molecule has 0 spiro atoms. The number of para-hydroxylation sites is 2. The van der Waals surface area contributed by atoms with Gasteiger partial charge in [-0.25, -0.2) is 9.48 Å². The summed E-state index contributed by atoms with van der Waals surface area (Å²) >= 11 is 0. The predicted octanol–water partition coefficient (Wildman–Crippen LogP) is 5.44. The van der Waals surface area contributed by atoms with Gasteiger partial charge in [-0.3, -0.25) is 4.79 Å². The zero-order valence-corrected chi connectivity index (χ0v) is 19.8. The van der Waals surface area contributed by atoms with Crippen LogP contribution in [0.15, 0.2) is 66.7 Å². The maximum atomic E-state index is 13.0. The molecule has 1 aromatic heterocycles.